The number of H-pyrrole nitrogens is 1. The van der Waals surface area contributed by atoms with Gasteiger partial charge in [0, 0.05) is 50.8 Å². The molecular formula is C25H27N5O4S. The van der Waals surface area contributed by atoms with Crippen LogP contribution in [0.4, 0.5) is 0 Å². The van der Waals surface area contributed by atoms with E-state index in [0.717, 1.165) is 5.56 Å². The van der Waals surface area contributed by atoms with Crippen molar-refractivity contribution >= 4 is 29.0 Å². The van der Waals surface area contributed by atoms with Gasteiger partial charge in [-0.1, -0.05) is 18.2 Å². The van der Waals surface area contributed by atoms with Crippen molar-refractivity contribution in [3.63, 3.8) is 0 Å². The minimum absolute atomic E-state index is 0.202. The average molecular weight is 494 g/mol. The Morgan fingerprint density at radius 1 is 1.23 bits per heavy atom. The van der Waals surface area contributed by atoms with Gasteiger partial charge in [-0.15, -0.1) is 0 Å². The number of nitrogens with one attached hydrogen (secondary N) is 2. The summed E-state index contributed by atoms with van der Waals surface area (Å²) in [4.78, 5) is 33.9. The van der Waals surface area contributed by atoms with Gasteiger partial charge in [-0.05, 0) is 42.9 Å². The Bertz CT molecular complexity index is 1470. The fourth-order valence-electron chi connectivity index (χ4n) is 4.02. The van der Waals surface area contributed by atoms with Crippen LogP contribution in [0.3, 0.4) is 0 Å². The Balaban J connectivity index is 1.69. The number of hydrogen-bond donors (Lipinski definition) is 2. The van der Waals surface area contributed by atoms with Crippen LogP contribution in [0.1, 0.15) is 34.2 Å². The molecule has 0 bridgehead atoms. The number of nitrogens with zero attached hydrogens (tertiary/aromatic N) is 3. The molecule has 0 aliphatic carbocycles. The third kappa shape index (κ3) is 5.03. The van der Waals surface area contributed by atoms with E-state index in [1.54, 1.807) is 38.6 Å². The predicted molar refractivity (Wildman–Crippen MR) is 135 cm³/mol. The lowest BCUT2D eigenvalue weighted by Crippen LogP contribution is -2.31. The zero-order chi connectivity index (χ0) is 24.9. The van der Waals surface area contributed by atoms with Crippen LogP contribution in [-0.2, 0) is 18.3 Å². The van der Waals surface area contributed by atoms with Gasteiger partial charge in [-0.2, -0.15) is 0 Å². The van der Waals surface area contributed by atoms with Gasteiger partial charge >= 0.3 is 0 Å². The minimum atomic E-state index is -0.554. The summed E-state index contributed by atoms with van der Waals surface area (Å²) in [6.45, 7) is 0.978. The Labute approximate surface area is 207 Å². The monoisotopic (exact) mass is 493 g/mol. The molecule has 182 valence electrons. The normalized spacial score (nSPS) is 12.0. The minimum Gasteiger partial charge on any atom is -0.496 e. The van der Waals surface area contributed by atoms with Crippen molar-refractivity contribution in [2.24, 2.45) is 7.05 Å². The molecule has 0 aliphatic heterocycles. The molecule has 0 saturated heterocycles. The molecule has 4 rings (SSSR count). The van der Waals surface area contributed by atoms with E-state index in [9.17, 15) is 9.59 Å². The summed E-state index contributed by atoms with van der Waals surface area (Å²) in [6.07, 6.45) is 4.16. The first-order chi connectivity index (χ1) is 16.9. The first-order valence-electron chi connectivity index (χ1n) is 11.1. The lowest BCUT2D eigenvalue weighted by Gasteiger charge is -2.21. The van der Waals surface area contributed by atoms with Gasteiger partial charge in [-0.3, -0.25) is 14.2 Å². The molecule has 0 aliphatic rings. The Morgan fingerprint density at radius 3 is 2.74 bits per heavy atom. The topological polar surface area (TPSA) is 103 Å². The maximum atomic E-state index is 13.4. The SMILES string of the molecule is COCCCn1c(=S)[nH]c2cc(C(=O)NC(c3ccccc3OC)c3nccn3C)ccc2c1=O. The van der Waals surface area contributed by atoms with Crippen LogP contribution in [0.5, 0.6) is 5.75 Å². The third-order valence-electron chi connectivity index (χ3n) is 5.82. The summed E-state index contributed by atoms with van der Waals surface area (Å²) in [7, 11) is 5.07. The highest BCUT2D eigenvalue weighted by Gasteiger charge is 2.24. The van der Waals surface area contributed by atoms with E-state index in [1.165, 1.54) is 4.57 Å². The second-order valence-electron chi connectivity index (χ2n) is 8.04. The van der Waals surface area contributed by atoms with Gasteiger partial charge in [-0.25, -0.2) is 4.98 Å². The Kier molecular flexibility index (Phi) is 7.42. The van der Waals surface area contributed by atoms with E-state index in [1.807, 2.05) is 42.1 Å². The molecule has 0 spiro atoms. The van der Waals surface area contributed by atoms with Crippen molar-refractivity contribution in [3.05, 3.63) is 86.9 Å². The van der Waals surface area contributed by atoms with Crippen molar-refractivity contribution < 1.29 is 14.3 Å². The quantitative estimate of drug-likeness (QED) is 0.274. The predicted octanol–water partition coefficient (Wildman–Crippen LogP) is 3.36. The van der Waals surface area contributed by atoms with Crippen LogP contribution < -0.4 is 15.6 Å². The largest absolute Gasteiger partial charge is 0.496 e. The number of aromatic amines is 1. The highest BCUT2D eigenvalue weighted by Crippen LogP contribution is 2.29. The van der Waals surface area contributed by atoms with Gasteiger partial charge in [0.2, 0.25) is 0 Å². The molecule has 0 saturated carbocycles. The summed E-state index contributed by atoms with van der Waals surface area (Å²) in [5, 5.41) is 3.52. The first kappa shape index (κ1) is 24.4. The van der Waals surface area contributed by atoms with E-state index < -0.39 is 6.04 Å². The number of aromatic nitrogens is 4. The Hall–Kier alpha value is -3.76. The number of para-hydroxylation sites is 1. The average Bonchev–Trinajstić information content (AvgIpc) is 3.29. The molecule has 10 heteroatoms. The van der Waals surface area contributed by atoms with Crippen molar-refractivity contribution in [1.29, 1.82) is 0 Å². The maximum Gasteiger partial charge on any atom is 0.262 e. The standard InChI is InChI=1S/C25H27N5O4S/c1-29-13-11-26-22(29)21(18-7-4-5-8-20(18)34-3)28-23(31)16-9-10-17-19(15-16)27-25(35)30(24(17)32)12-6-14-33-2/h4-5,7-11,13,15,21H,6,12,14H2,1-3H3,(H,27,35)(H,28,31). The second kappa shape index (κ2) is 10.7. The van der Waals surface area contributed by atoms with Gasteiger partial charge in [0.05, 0.1) is 18.0 Å². The number of methoxy groups -OCH3 is 2. The summed E-state index contributed by atoms with van der Waals surface area (Å²) >= 11 is 5.40. The van der Waals surface area contributed by atoms with Gasteiger partial charge in [0.25, 0.3) is 11.5 Å². The smallest absolute Gasteiger partial charge is 0.262 e. The molecule has 4 aromatic rings. The number of benzene rings is 2. The fraction of sp³-hybridized carbons (Fsp3) is 0.280. The van der Waals surface area contributed by atoms with Gasteiger partial charge in [0.1, 0.15) is 17.6 Å². The fourth-order valence-corrected chi connectivity index (χ4v) is 4.31. The molecule has 2 aromatic heterocycles. The molecule has 0 radical (unpaired) electrons. The van der Waals surface area contributed by atoms with Crippen molar-refractivity contribution in [2.45, 2.75) is 19.0 Å². The third-order valence-corrected chi connectivity index (χ3v) is 6.14. The molecule has 1 amide bonds. The van der Waals surface area contributed by atoms with Crippen molar-refractivity contribution in [1.82, 2.24) is 24.4 Å². The molecule has 35 heavy (non-hydrogen) atoms. The van der Waals surface area contributed by atoms with Crippen molar-refractivity contribution in [2.75, 3.05) is 20.8 Å². The molecule has 2 heterocycles. The summed E-state index contributed by atoms with van der Waals surface area (Å²) in [6, 6.07) is 11.8. The molecular weight excluding hydrogens is 466 g/mol. The number of fused-ring (bicyclic) bond motifs is 1. The highest BCUT2D eigenvalue weighted by atomic mass is 32.1. The van der Waals surface area contributed by atoms with Crippen LogP contribution in [0.25, 0.3) is 10.9 Å². The highest BCUT2D eigenvalue weighted by molar-refractivity contribution is 7.71. The van der Waals surface area contributed by atoms with E-state index in [0.29, 0.717) is 52.4 Å². The molecule has 9 nitrogen and oxygen atoms in total. The lowest BCUT2D eigenvalue weighted by molar-refractivity contribution is 0.0941. The summed E-state index contributed by atoms with van der Waals surface area (Å²) in [5.41, 5.74) is 1.46. The number of carbonyl (C=O) groups is 1. The number of aryl methyl sites for hydroxylation is 1. The second-order valence-corrected chi connectivity index (χ2v) is 8.43. The summed E-state index contributed by atoms with van der Waals surface area (Å²) < 4.78 is 14.3. The zero-order valence-corrected chi connectivity index (χ0v) is 20.6. The van der Waals surface area contributed by atoms with Gasteiger partial charge in [0.15, 0.2) is 4.77 Å². The molecule has 1 unspecified atom stereocenters. The molecule has 2 aromatic carbocycles. The van der Waals surface area contributed by atoms with Crippen LogP contribution in [0.15, 0.2) is 59.7 Å². The van der Waals surface area contributed by atoms with Gasteiger partial charge < -0.3 is 24.3 Å². The number of ether oxygens (including phenoxy) is 2. The van der Waals surface area contributed by atoms with Crippen LogP contribution >= 0.6 is 12.2 Å². The van der Waals surface area contributed by atoms with Crippen LogP contribution in [0.2, 0.25) is 0 Å². The molecule has 2 N–H and O–H groups in total. The number of carbonyl (C=O) groups excluding carboxylic acids is 1. The van der Waals surface area contributed by atoms with E-state index >= 15 is 0 Å². The van der Waals surface area contributed by atoms with Crippen LogP contribution in [0, 0.1) is 4.77 Å². The first-order valence-corrected chi connectivity index (χ1v) is 11.5. The Morgan fingerprint density at radius 2 is 2.03 bits per heavy atom. The van der Waals surface area contributed by atoms with Crippen LogP contribution in [-0.4, -0.2) is 45.8 Å². The maximum absolute atomic E-state index is 13.4. The van der Waals surface area contributed by atoms with Crippen molar-refractivity contribution in [3.8, 4) is 5.75 Å². The molecule has 1 atom stereocenters. The number of amides is 1. The number of rotatable bonds is 9. The zero-order valence-electron chi connectivity index (χ0n) is 19.8. The lowest BCUT2D eigenvalue weighted by atomic mass is 10.0. The van der Waals surface area contributed by atoms with E-state index in [4.69, 9.17) is 21.7 Å². The van der Waals surface area contributed by atoms with E-state index in [-0.39, 0.29) is 11.5 Å². The number of imidazole rings is 1. The molecule has 0 fully saturated rings. The summed E-state index contributed by atoms with van der Waals surface area (Å²) in [5.74, 6) is 0.966. The van der Waals surface area contributed by atoms with E-state index in [2.05, 4.69) is 15.3 Å². The number of hydrogen-bond acceptors (Lipinski definition) is 6.